The summed E-state index contributed by atoms with van der Waals surface area (Å²) < 4.78 is 5.10. The topological polar surface area (TPSA) is 127 Å². The second-order valence-corrected chi connectivity index (χ2v) is 6.52. The van der Waals surface area contributed by atoms with Gasteiger partial charge in [0.2, 0.25) is 11.8 Å². The maximum Gasteiger partial charge on any atom is 0.260 e. The molecule has 9 heteroatoms. The third-order valence-electron chi connectivity index (χ3n) is 3.65. The van der Waals surface area contributed by atoms with Crippen LogP contribution in [0.25, 0.3) is 0 Å². The van der Waals surface area contributed by atoms with E-state index in [4.69, 9.17) is 10.2 Å². The molecular weight excluding hydrogens is 368 g/mol. The number of carbonyl (C=O) groups excluding carboxylic acids is 3. The molecule has 0 saturated heterocycles. The lowest BCUT2D eigenvalue weighted by Crippen LogP contribution is -2.16. The Kier molecular flexibility index (Phi) is 5.32. The number of primary amides is 1. The molecule has 3 aromatic rings. The van der Waals surface area contributed by atoms with E-state index in [-0.39, 0.29) is 18.2 Å². The highest BCUT2D eigenvalue weighted by atomic mass is 32.1. The number of aromatic nitrogens is 1. The zero-order valence-corrected chi connectivity index (χ0v) is 15.1. The second kappa shape index (κ2) is 7.83. The van der Waals surface area contributed by atoms with Gasteiger partial charge in [0.15, 0.2) is 5.13 Å². The summed E-state index contributed by atoms with van der Waals surface area (Å²) in [6.07, 6.45) is 1.47. The lowest BCUT2D eigenvalue weighted by atomic mass is 10.2. The summed E-state index contributed by atoms with van der Waals surface area (Å²) >= 11 is 1.22. The molecule has 0 spiro atoms. The van der Waals surface area contributed by atoms with Crippen LogP contribution in [0.1, 0.15) is 32.2 Å². The van der Waals surface area contributed by atoms with E-state index in [2.05, 4.69) is 15.6 Å². The molecule has 1 aromatic carbocycles. The lowest BCUT2D eigenvalue weighted by Gasteiger charge is -2.05. The molecular formula is C18H16N4O4S. The molecule has 0 unspecified atom stereocenters. The minimum Gasteiger partial charge on any atom is -0.469 e. The fraction of sp³-hybridized carbons (Fsp3) is 0.111. The summed E-state index contributed by atoms with van der Waals surface area (Å²) in [4.78, 5) is 39.7. The third kappa shape index (κ3) is 4.59. The van der Waals surface area contributed by atoms with Crippen LogP contribution in [0.3, 0.4) is 0 Å². The Hall–Kier alpha value is -3.46. The number of furan rings is 1. The fourth-order valence-corrected chi connectivity index (χ4v) is 3.06. The number of nitrogens with one attached hydrogen (secondary N) is 2. The molecule has 0 atom stereocenters. The first-order chi connectivity index (χ1) is 12.9. The number of hydrogen-bond donors (Lipinski definition) is 3. The first-order valence-corrected chi connectivity index (χ1v) is 8.80. The van der Waals surface area contributed by atoms with Crippen molar-refractivity contribution >= 4 is 39.9 Å². The van der Waals surface area contributed by atoms with E-state index in [1.54, 1.807) is 36.6 Å². The highest BCUT2D eigenvalue weighted by Crippen LogP contribution is 2.19. The van der Waals surface area contributed by atoms with Crippen LogP contribution in [0.4, 0.5) is 10.8 Å². The third-order valence-corrected chi connectivity index (χ3v) is 4.45. The number of benzene rings is 1. The molecule has 0 aliphatic carbocycles. The van der Waals surface area contributed by atoms with Gasteiger partial charge in [-0.3, -0.25) is 19.7 Å². The zero-order chi connectivity index (χ0) is 19.4. The Bertz CT molecular complexity index is 1010. The molecule has 138 valence electrons. The number of anilines is 2. The monoisotopic (exact) mass is 384 g/mol. The zero-order valence-electron chi connectivity index (χ0n) is 14.3. The molecule has 3 rings (SSSR count). The maximum atomic E-state index is 12.2. The van der Waals surface area contributed by atoms with Gasteiger partial charge < -0.3 is 15.5 Å². The Morgan fingerprint density at radius 3 is 2.74 bits per heavy atom. The van der Waals surface area contributed by atoms with Crippen LogP contribution in [0.15, 0.2) is 46.4 Å². The quantitative estimate of drug-likeness (QED) is 0.602. The van der Waals surface area contributed by atoms with Crippen molar-refractivity contribution < 1.29 is 18.8 Å². The van der Waals surface area contributed by atoms with Crippen LogP contribution >= 0.6 is 11.3 Å². The van der Waals surface area contributed by atoms with Gasteiger partial charge in [-0.2, -0.15) is 0 Å². The fourth-order valence-electron chi connectivity index (χ4n) is 2.35. The van der Waals surface area contributed by atoms with Crippen molar-refractivity contribution in [3.8, 4) is 0 Å². The Morgan fingerprint density at radius 1 is 1.22 bits per heavy atom. The van der Waals surface area contributed by atoms with E-state index >= 15 is 0 Å². The molecule has 0 saturated carbocycles. The number of nitrogens with zero attached hydrogens (tertiary/aromatic N) is 1. The number of carbonyl (C=O) groups is 3. The smallest absolute Gasteiger partial charge is 0.260 e. The van der Waals surface area contributed by atoms with E-state index in [1.807, 2.05) is 0 Å². The van der Waals surface area contributed by atoms with Crippen LogP contribution < -0.4 is 16.4 Å². The van der Waals surface area contributed by atoms with Crippen LogP contribution in [-0.4, -0.2) is 22.7 Å². The summed E-state index contributed by atoms with van der Waals surface area (Å²) in [6.45, 7) is 1.69. The first-order valence-electron chi connectivity index (χ1n) is 7.92. The second-order valence-electron chi connectivity index (χ2n) is 5.66. The molecule has 8 nitrogen and oxygen atoms in total. The van der Waals surface area contributed by atoms with Crippen molar-refractivity contribution in [3.05, 3.63) is 64.6 Å². The maximum absolute atomic E-state index is 12.2. The number of thiazole rings is 1. The van der Waals surface area contributed by atoms with Gasteiger partial charge >= 0.3 is 0 Å². The summed E-state index contributed by atoms with van der Waals surface area (Å²) in [6, 6.07) is 7.93. The van der Waals surface area contributed by atoms with Gasteiger partial charge in [-0.05, 0) is 31.2 Å². The van der Waals surface area contributed by atoms with Crippen LogP contribution in [0.5, 0.6) is 0 Å². The summed E-state index contributed by atoms with van der Waals surface area (Å²) in [5.74, 6) is -0.680. The van der Waals surface area contributed by atoms with Crippen LogP contribution in [0, 0.1) is 6.92 Å². The van der Waals surface area contributed by atoms with E-state index < -0.39 is 5.91 Å². The van der Waals surface area contributed by atoms with Gasteiger partial charge in [0, 0.05) is 16.6 Å². The number of aryl methyl sites for hydroxylation is 1. The molecule has 0 bridgehead atoms. The van der Waals surface area contributed by atoms with Crippen molar-refractivity contribution in [2.75, 3.05) is 10.6 Å². The average molecular weight is 384 g/mol. The molecule has 2 heterocycles. The summed E-state index contributed by atoms with van der Waals surface area (Å²) in [5, 5.41) is 7.44. The number of nitrogens with two attached hydrogens (primary N) is 1. The van der Waals surface area contributed by atoms with Crippen molar-refractivity contribution in [1.82, 2.24) is 4.98 Å². The lowest BCUT2D eigenvalue weighted by molar-refractivity contribution is -0.115. The molecule has 3 amide bonds. The Morgan fingerprint density at radius 2 is 2.04 bits per heavy atom. The van der Waals surface area contributed by atoms with Gasteiger partial charge in [0.1, 0.15) is 5.76 Å². The summed E-state index contributed by atoms with van der Waals surface area (Å²) in [5.41, 5.74) is 6.94. The molecule has 0 radical (unpaired) electrons. The van der Waals surface area contributed by atoms with Crippen LogP contribution in [-0.2, 0) is 11.2 Å². The number of rotatable bonds is 6. The standard InChI is InChI=1S/C18H16N4O4S/c1-10-14(5-6-26-10)17(25)22-18-21-13(9-27-18)8-15(23)20-12-4-2-3-11(7-12)16(19)24/h2-7,9H,8H2,1H3,(H2,19,24)(H,20,23)(H,21,22,25). The highest BCUT2D eigenvalue weighted by Gasteiger charge is 2.14. The highest BCUT2D eigenvalue weighted by molar-refractivity contribution is 7.14. The van der Waals surface area contributed by atoms with Crippen LogP contribution in [0.2, 0.25) is 0 Å². The molecule has 2 aromatic heterocycles. The molecule has 0 aliphatic rings. The summed E-state index contributed by atoms with van der Waals surface area (Å²) in [7, 11) is 0. The predicted octanol–water partition coefficient (Wildman–Crippen LogP) is 2.58. The Labute approximate surface area is 158 Å². The minimum atomic E-state index is -0.571. The van der Waals surface area contributed by atoms with E-state index in [0.717, 1.165) is 0 Å². The van der Waals surface area contributed by atoms with E-state index in [9.17, 15) is 14.4 Å². The van der Waals surface area contributed by atoms with Crippen molar-refractivity contribution in [2.45, 2.75) is 13.3 Å². The molecule has 0 fully saturated rings. The van der Waals surface area contributed by atoms with Crippen molar-refractivity contribution in [1.29, 1.82) is 0 Å². The van der Waals surface area contributed by atoms with Crippen molar-refractivity contribution in [3.63, 3.8) is 0 Å². The van der Waals surface area contributed by atoms with E-state index in [1.165, 1.54) is 23.7 Å². The van der Waals surface area contributed by atoms with Gasteiger partial charge in [-0.25, -0.2) is 4.98 Å². The van der Waals surface area contributed by atoms with Crippen molar-refractivity contribution in [2.24, 2.45) is 5.73 Å². The van der Waals surface area contributed by atoms with E-state index in [0.29, 0.717) is 33.4 Å². The number of amides is 3. The first kappa shape index (κ1) is 18.3. The molecule has 0 aliphatic heterocycles. The van der Waals surface area contributed by atoms with Gasteiger partial charge in [-0.1, -0.05) is 6.07 Å². The Balaban J connectivity index is 1.59. The number of hydrogen-bond acceptors (Lipinski definition) is 6. The minimum absolute atomic E-state index is 0.0257. The normalized spacial score (nSPS) is 10.4. The molecule has 27 heavy (non-hydrogen) atoms. The van der Waals surface area contributed by atoms with Gasteiger partial charge in [0.25, 0.3) is 5.91 Å². The van der Waals surface area contributed by atoms with Gasteiger partial charge in [-0.15, -0.1) is 11.3 Å². The average Bonchev–Trinajstić information content (AvgIpc) is 3.23. The van der Waals surface area contributed by atoms with Gasteiger partial charge in [0.05, 0.1) is 23.9 Å². The predicted molar refractivity (Wildman–Crippen MR) is 101 cm³/mol. The SMILES string of the molecule is Cc1occc1C(=O)Nc1nc(CC(=O)Nc2cccc(C(N)=O)c2)cs1. The molecule has 4 N–H and O–H groups in total. The largest absolute Gasteiger partial charge is 0.469 e.